The summed E-state index contributed by atoms with van der Waals surface area (Å²) in [5.41, 5.74) is 0.465. The fourth-order valence-electron chi connectivity index (χ4n) is 3.61. The molecule has 0 atom stereocenters. The molecular weight excluding hydrogens is 463 g/mol. The van der Waals surface area contributed by atoms with Crippen LogP contribution in [0.25, 0.3) is 11.5 Å². The monoisotopic (exact) mass is 481 g/mol. The molecule has 0 bridgehead atoms. The second-order valence-corrected chi connectivity index (χ2v) is 8.37. The Labute approximate surface area is 192 Å². The maximum Gasteiger partial charge on any atom is 0.258 e. The van der Waals surface area contributed by atoms with Crippen LogP contribution in [0.4, 0.5) is 8.78 Å². The number of aromatic nitrogens is 2. The summed E-state index contributed by atoms with van der Waals surface area (Å²) in [6, 6.07) is 8.33. The van der Waals surface area contributed by atoms with Gasteiger partial charge >= 0.3 is 0 Å². The Kier molecular flexibility index (Phi) is 6.91. The average Bonchev–Trinajstić information content (AvgIpc) is 3.27. The van der Waals surface area contributed by atoms with E-state index >= 15 is 0 Å². The first-order valence-electron chi connectivity index (χ1n) is 10.0. The van der Waals surface area contributed by atoms with Gasteiger partial charge in [0.1, 0.15) is 17.4 Å². The van der Waals surface area contributed by atoms with Gasteiger partial charge in [0.25, 0.3) is 5.91 Å². The summed E-state index contributed by atoms with van der Waals surface area (Å²) in [5.74, 6) is -0.407. The van der Waals surface area contributed by atoms with E-state index in [1.54, 1.807) is 6.07 Å². The predicted octanol–water partition coefficient (Wildman–Crippen LogP) is 5.54. The highest BCUT2D eigenvalue weighted by molar-refractivity contribution is 6.31. The van der Waals surface area contributed by atoms with Crippen LogP contribution < -0.4 is 10.1 Å². The summed E-state index contributed by atoms with van der Waals surface area (Å²) in [6.07, 6.45) is 2.98. The van der Waals surface area contributed by atoms with Gasteiger partial charge in [-0.15, -0.1) is 10.2 Å². The molecule has 1 heterocycles. The van der Waals surface area contributed by atoms with Crippen LogP contribution in [-0.4, -0.2) is 28.8 Å². The third kappa shape index (κ3) is 5.37. The molecule has 0 saturated heterocycles. The molecule has 1 aromatic heterocycles. The van der Waals surface area contributed by atoms with Crippen molar-refractivity contribution in [3.8, 4) is 17.2 Å². The van der Waals surface area contributed by atoms with Crippen molar-refractivity contribution < 1.29 is 22.7 Å². The van der Waals surface area contributed by atoms with Gasteiger partial charge in [0.05, 0.1) is 10.0 Å². The highest BCUT2D eigenvalue weighted by Gasteiger charge is 2.27. The second-order valence-electron chi connectivity index (χ2n) is 7.55. The van der Waals surface area contributed by atoms with Crippen molar-refractivity contribution in [2.75, 3.05) is 6.61 Å². The maximum atomic E-state index is 13.7. The molecule has 0 radical (unpaired) electrons. The fourth-order valence-corrected chi connectivity index (χ4v) is 3.85. The van der Waals surface area contributed by atoms with Gasteiger partial charge in [-0.3, -0.25) is 4.79 Å². The number of benzene rings is 2. The van der Waals surface area contributed by atoms with E-state index in [1.165, 1.54) is 24.3 Å². The van der Waals surface area contributed by atoms with Crippen LogP contribution in [0.3, 0.4) is 0 Å². The molecule has 1 amide bonds. The Bertz CT molecular complexity index is 1120. The zero-order valence-electron chi connectivity index (χ0n) is 16.8. The summed E-state index contributed by atoms with van der Waals surface area (Å²) in [6.45, 7) is -0.217. The van der Waals surface area contributed by atoms with Gasteiger partial charge in [-0.05, 0) is 56.0 Å². The van der Waals surface area contributed by atoms with Crippen LogP contribution >= 0.6 is 23.2 Å². The summed E-state index contributed by atoms with van der Waals surface area (Å²) < 4.78 is 38.2. The third-order valence-electron chi connectivity index (χ3n) is 5.31. The fraction of sp³-hybridized carbons (Fsp3) is 0.318. The summed E-state index contributed by atoms with van der Waals surface area (Å²) in [4.78, 5) is 12.2. The van der Waals surface area contributed by atoms with E-state index in [0.29, 0.717) is 11.5 Å². The zero-order valence-corrected chi connectivity index (χ0v) is 18.3. The van der Waals surface area contributed by atoms with E-state index in [-0.39, 0.29) is 46.2 Å². The number of rotatable bonds is 6. The number of hydrogen-bond acceptors (Lipinski definition) is 5. The van der Waals surface area contributed by atoms with Crippen molar-refractivity contribution >= 4 is 29.1 Å². The van der Waals surface area contributed by atoms with Gasteiger partial charge in [0, 0.05) is 23.6 Å². The Hall–Kier alpha value is -2.71. The quantitative estimate of drug-likeness (QED) is 0.499. The molecular formula is C22H19Cl2F2N3O3. The standard InChI is InChI=1S/C22H19Cl2F2N3O3/c23-16-7-3-13(9-18(16)25)22-29-28-21(32-22)12-1-4-14(5-2-12)27-20(30)11-31-15-6-8-17(24)19(26)10-15/h3,6-10,12,14H,1-2,4-5,11H2,(H,27,30)/t12-,14-. The first-order valence-corrected chi connectivity index (χ1v) is 10.8. The highest BCUT2D eigenvalue weighted by atomic mass is 35.5. The predicted molar refractivity (Wildman–Crippen MR) is 115 cm³/mol. The summed E-state index contributed by atoms with van der Waals surface area (Å²) >= 11 is 11.3. The van der Waals surface area contributed by atoms with Crippen molar-refractivity contribution in [2.45, 2.75) is 37.6 Å². The van der Waals surface area contributed by atoms with Gasteiger partial charge in [-0.25, -0.2) is 8.78 Å². The molecule has 1 aliphatic carbocycles. The molecule has 3 aromatic rings. The molecule has 0 spiro atoms. The van der Waals surface area contributed by atoms with Crippen LogP contribution in [0.2, 0.25) is 10.0 Å². The molecule has 0 unspecified atom stereocenters. The van der Waals surface area contributed by atoms with E-state index in [1.807, 2.05) is 0 Å². The molecule has 1 fully saturated rings. The van der Waals surface area contributed by atoms with E-state index in [9.17, 15) is 13.6 Å². The number of carbonyl (C=O) groups excluding carboxylic acids is 1. The highest BCUT2D eigenvalue weighted by Crippen LogP contribution is 2.34. The van der Waals surface area contributed by atoms with E-state index in [2.05, 4.69) is 15.5 Å². The lowest BCUT2D eigenvalue weighted by molar-refractivity contribution is -0.124. The molecule has 1 N–H and O–H groups in total. The molecule has 4 rings (SSSR count). The lowest BCUT2D eigenvalue weighted by Gasteiger charge is -2.27. The molecule has 6 nitrogen and oxygen atoms in total. The Morgan fingerprint density at radius 2 is 1.72 bits per heavy atom. The molecule has 10 heteroatoms. The smallest absolute Gasteiger partial charge is 0.258 e. The minimum Gasteiger partial charge on any atom is -0.484 e. The lowest BCUT2D eigenvalue weighted by Crippen LogP contribution is -2.39. The Morgan fingerprint density at radius 1 is 1.03 bits per heavy atom. The van der Waals surface area contributed by atoms with E-state index < -0.39 is 11.6 Å². The van der Waals surface area contributed by atoms with Gasteiger partial charge < -0.3 is 14.5 Å². The Balaban J connectivity index is 1.26. The summed E-state index contributed by atoms with van der Waals surface area (Å²) in [5, 5.41) is 11.1. The van der Waals surface area contributed by atoms with Crippen LogP contribution in [0.5, 0.6) is 5.75 Å². The normalized spacial score (nSPS) is 18.4. The van der Waals surface area contributed by atoms with Crippen LogP contribution in [0.15, 0.2) is 40.8 Å². The number of nitrogens with one attached hydrogen (secondary N) is 1. The number of halogens is 4. The van der Waals surface area contributed by atoms with Gasteiger partial charge in [0.15, 0.2) is 6.61 Å². The van der Waals surface area contributed by atoms with E-state index in [4.69, 9.17) is 32.4 Å². The SMILES string of the molecule is O=C(COc1ccc(Cl)c(F)c1)N[C@H]1CC[C@H](c2nnc(-c3ccc(Cl)c(F)c3)o2)CC1. The maximum absolute atomic E-state index is 13.7. The number of carbonyl (C=O) groups is 1. The minimum atomic E-state index is -0.603. The van der Waals surface area contributed by atoms with Crippen molar-refractivity contribution in [3.63, 3.8) is 0 Å². The molecule has 2 aromatic carbocycles. The topological polar surface area (TPSA) is 77.2 Å². The Morgan fingerprint density at radius 3 is 2.41 bits per heavy atom. The van der Waals surface area contributed by atoms with Crippen molar-refractivity contribution in [3.05, 3.63) is 64.0 Å². The van der Waals surface area contributed by atoms with Gasteiger partial charge in [-0.2, -0.15) is 0 Å². The average molecular weight is 482 g/mol. The number of amides is 1. The van der Waals surface area contributed by atoms with Gasteiger partial charge in [0.2, 0.25) is 11.8 Å². The first kappa shape index (κ1) is 22.5. The largest absolute Gasteiger partial charge is 0.484 e. The molecule has 0 aliphatic heterocycles. The van der Waals surface area contributed by atoms with Crippen LogP contribution in [0, 0.1) is 11.6 Å². The lowest BCUT2D eigenvalue weighted by atomic mass is 9.86. The molecule has 1 saturated carbocycles. The molecule has 168 valence electrons. The van der Waals surface area contributed by atoms with Crippen LogP contribution in [-0.2, 0) is 4.79 Å². The van der Waals surface area contributed by atoms with E-state index in [0.717, 1.165) is 31.7 Å². The van der Waals surface area contributed by atoms with Crippen molar-refractivity contribution in [2.24, 2.45) is 0 Å². The molecule has 1 aliphatic rings. The second kappa shape index (κ2) is 9.83. The number of ether oxygens (including phenoxy) is 1. The van der Waals surface area contributed by atoms with Crippen molar-refractivity contribution in [1.29, 1.82) is 0 Å². The van der Waals surface area contributed by atoms with Gasteiger partial charge in [-0.1, -0.05) is 23.2 Å². The van der Waals surface area contributed by atoms with Crippen molar-refractivity contribution in [1.82, 2.24) is 15.5 Å². The third-order valence-corrected chi connectivity index (χ3v) is 5.92. The number of nitrogens with zero attached hydrogens (tertiary/aromatic N) is 2. The number of hydrogen-bond donors (Lipinski definition) is 1. The minimum absolute atomic E-state index is 0.00273. The molecule has 32 heavy (non-hydrogen) atoms. The summed E-state index contributed by atoms with van der Waals surface area (Å²) in [7, 11) is 0. The van der Waals surface area contributed by atoms with Crippen LogP contribution in [0.1, 0.15) is 37.5 Å². The zero-order chi connectivity index (χ0) is 22.7. The first-order chi connectivity index (χ1) is 15.4.